The molecule has 0 saturated carbocycles. The number of fused-ring (bicyclic) bond motifs is 3. The molecule has 0 radical (unpaired) electrons. The maximum atomic E-state index is 2.41. The second-order valence-corrected chi connectivity index (χ2v) is 13.6. The van der Waals surface area contributed by atoms with Gasteiger partial charge in [-0.1, -0.05) is 153 Å². The number of benzene rings is 7. The first kappa shape index (κ1) is 30.7. The zero-order valence-corrected chi connectivity index (χ0v) is 28.7. The average molecular weight is 655 g/mol. The minimum Gasteiger partial charge on any atom is -0.310 e. The Hall–Kier alpha value is -6.38. The molecule has 51 heavy (non-hydrogen) atoms. The van der Waals surface area contributed by atoms with Gasteiger partial charge in [0.25, 0.3) is 0 Å². The van der Waals surface area contributed by atoms with Gasteiger partial charge in [-0.05, 0) is 88.8 Å². The Bertz CT molecular complexity index is 2480. The van der Waals surface area contributed by atoms with Crippen LogP contribution in [0.1, 0.15) is 18.9 Å². The Kier molecular flexibility index (Phi) is 7.71. The summed E-state index contributed by atoms with van der Waals surface area (Å²) in [5.74, 6) is 0. The molecule has 1 aromatic heterocycles. The molecule has 7 aromatic carbocycles. The van der Waals surface area contributed by atoms with Crippen LogP contribution in [0.2, 0.25) is 0 Å². The van der Waals surface area contributed by atoms with Crippen molar-refractivity contribution >= 4 is 38.9 Å². The second-order valence-electron chi connectivity index (χ2n) is 13.6. The molecule has 1 aliphatic rings. The largest absolute Gasteiger partial charge is 0.310 e. The van der Waals surface area contributed by atoms with E-state index in [9.17, 15) is 0 Å². The fraction of sp³-hybridized carbons (Fsp3) is 0.0612. The van der Waals surface area contributed by atoms with Gasteiger partial charge >= 0.3 is 0 Å². The van der Waals surface area contributed by atoms with Gasteiger partial charge in [0.05, 0.1) is 16.7 Å². The van der Waals surface area contributed by atoms with Gasteiger partial charge < -0.3 is 9.47 Å². The predicted molar refractivity (Wildman–Crippen MR) is 217 cm³/mol. The van der Waals surface area contributed by atoms with Crippen molar-refractivity contribution in [3.8, 4) is 27.9 Å². The van der Waals surface area contributed by atoms with Crippen LogP contribution in [-0.4, -0.2) is 4.57 Å². The Labute approximate surface area is 299 Å². The highest BCUT2D eigenvalue weighted by Crippen LogP contribution is 2.44. The van der Waals surface area contributed by atoms with Gasteiger partial charge in [-0.25, -0.2) is 0 Å². The quantitative estimate of drug-likeness (QED) is 0.166. The van der Waals surface area contributed by atoms with Crippen molar-refractivity contribution in [2.45, 2.75) is 18.8 Å². The molecular weight excluding hydrogens is 617 g/mol. The van der Waals surface area contributed by atoms with E-state index < -0.39 is 0 Å². The summed E-state index contributed by atoms with van der Waals surface area (Å²) in [6.07, 6.45) is 9.91. The van der Waals surface area contributed by atoms with Crippen molar-refractivity contribution in [1.82, 2.24) is 4.57 Å². The minimum absolute atomic E-state index is 0.106. The molecule has 0 spiro atoms. The average Bonchev–Trinajstić information content (AvgIpc) is 3.54. The van der Waals surface area contributed by atoms with E-state index in [1.165, 1.54) is 55.3 Å². The van der Waals surface area contributed by atoms with Crippen LogP contribution < -0.4 is 4.90 Å². The highest BCUT2D eigenvalue weighted by Gasteiger charge is 2.29. The lowest BCUT2D eigenvalue weighted by Crippen LogP contribution is -2.23. The van der Waals surface area contributed by atoms with E-state index >= 15 is 0 Å². The first-order chi connectivity index (χ1) is 25.2. The third kappa shape index (κ3) is 5.56. The maximum Gasteiger partial charge on any atom is 0.0541 e. The first-order valence-electron chi connectivity index (χ1n) is 17.7. The third-order valence-corrected chi connectivity index (χ3v) is 10.4. The monoisotopic (exact) mass is 654 g/mol. The topological polar surface area (TPSA) is 8.17 Å². The van der Waals surface area contributed by atoms with E-state index in [2.05, 4.69) is 217 Å². The third-order valence-electron chi connectivity index (χ3n) is 10.4. The van der Waals surface area contributed by atoms with Gasteiger partial charge in [0.1, 0.15) is 0 Å². The van der Waals surface area contributed by atoms with E-state index in [1.54, 1.807) is 0 Å². The van der Waals surface area contributed by atoms with Crippen LogP contribution in [0.3, 0.4) is 0 Å². The Morgan fingerprint density at radius 3 is 1.53 bits per heavy atom. The molecule has 0 N–H and O–H groups in total. The summed E-state index contributed by atoms with van der Waals surface area (Å²) < 4.78 is 2.37. The zero-order valence-electron chi connectivity index (χ0n) is 28.7. The van der Waals surface area contributed by atoms with E-state index in [-0.39, 0.29) is 5.41 Å². The molecule has 1 atom stereocenters. The molecular formula is C49H38N2. The van der Waals surface area contributed by atoms with Crippen LogP contribution in [0.4, 0.5) is 17.1 Å². The second kappa shape index (κ2) is 12.8. The van der Waals surface area contributed by atoms with Crippen LogP contribution in [0.25, 0.3) is 49.7 Å². The van der Waals surface area contributed by atoms with E-state index in [0.29, 0.717) is 0 Å². The minimum atomic E-state index is -0.106. The maximum absolute atomic E-state index is 2.41. The lowest BCUT2D eigenvalue weighted by Gasteiger charge is -2.34. The summed E-state index contributed by atoms with van der Waals surface area (Å²) in [5.41, 5.74) is 13.1. The number of hydrogen-bond donors (Lipinski definition) is 0. The number of allylic oxidation sites excluding steroid dienone is 4. The Morgan fingerprint density at radius 1 is 0.471 bits per heavy atom. The summed E-state index contributed by atoms with van der Waals surface area (Å²) >= 11 is 0. The lowest BCUT2D eigenvalue weighted by molar-refractivity contribution is 0.600. The zero-order chi connectivity index (χ0) is 34.2. The van der Waals surface area contributed by atoms with Crippen molar-refractivity contribution < 1.29 is 0 Å². The van der Waals surface area contributed by atoms with E-state index in [0.717, 1.165) is 23.5 Å². The summed E-state index contributed by atoms with van der Waals surface area (Å²) in [6, 6.07) is 63.8. The highest BCUT2D eigenvalue weighted by molar-refractivity contribution is 6.09. The first-order valence-corrected chi connectivity index (χ1v) is 17.7. The van der Waals surface area contributed by atoms with Crippen molar-refractivity contribution in [1.29, 1.82) is 0 Å². The number of para-hydroxylation sites is 3. The fourth-order valence-electron chi connectivity index (χ4n) is 7.75. The molecule has 0 saturated heterocycles. The molecule has 0 fully saturated rings. The molecule has 8 aromatic rings. The van der Waals surface area contributed by atoms with Crippen LogP contribution in [0.5, 0.6) is 0 Å². The number of anilines is 3. The number of hydrogen-bond acceptors (Lipinski definition) is 1. The lowest BCUT2D eigenvalue weighted by atomic mass is 9.76. The highest BCUT2D eigenvalue weighted by atomic mass is 15.1. The number of aromatic nitrogens is 1. The molecule has 2 nitrogen and oxygen atoms in total. The SMILES string of the molecule is CC1(c2ccccc2N(c2ccc(-c3ccccc3)cc2)c2ccc(-c3ccc(-n4c5ccccc5c5ccccc54)cc3)cc2)C=CC=CC1. The molecule has 244 valence electrons. The molecule has 1 aliphatic carbocycles. The summed E-state index contributed by atoms with van der Waals surface area (Å²) in [5, 5.41) is 2.55. The van der Waals surface area contributed by atoms with Crippen molar-refractivity contribution in [3.63, 3.8) is 0 Å². The van der Waals surface area contributed by atoms with Crippen LogP contribution in [-0.2, 0) is 5.41 Å². The fourth-order valence-corrected chi connectivity index (χ4v) is 7.75. The van der Waals surface area contributed by atoms with Crippen LogP contribution in [0, 0.1) is 0 Å². The molecule has 0 amide bonds. The summed E-state index contributed by atoms with van der Waals surface area (Å²) in [4.78, 5) is 2.41. The molecule has 9 rings (SSSR count). The van der Waals surface area contributed by atoms with E-state index in [4.69, 9.17) is 0 Å². The van der Waals surface area contributed by atoms with E-state index in [1.807, 2.05) is 0 Å². The normalized spacial score (nSPS) is 15.4. The Balaban J connectivity index is 1.09. The van der Waals surface area contributed by atoms with Crippen molar-refractivity contribution in [2.75, 3.05) is 4.90 Å². The van der Waals surface area contributed by atoms with Gasteiger partial charge in [-0.15, -0.1) is 0 Å². The molecule has 1 heterocycles. The molecule has 1 unspecified atom stereocenters. The Morgan fingerprint density at radius 2 is 0.961 bits per heavy atom. The van der Waals surface area contributed by atoms with Crippen molar-refractivity contribution in [3.05, 3.63) is 206 Å². The van der Waals surface area contributed by atoms with Gasteiger partial charge in [0.15, 0.2) is 0 Å². The van der Waals surface area contributed by atoms with Gasteiger partial charge in [-0.3, -0.25) is 0 Å². The summed E-state index contributed by atoms with van der Waals surface area (Å²) in [6.45, 7) is 2.34. The number of nitrogens with zero attached hydrogens (tertiary/aromatic N) is 2. The van der Waals surface area contributed by atoms with Crippen LogP contribution in [0.15, 0.2) is 200 Å². The van der Waals surface area contributed by atoms with Crippen molar-refractivity contribution in [2.24, 2.45) is 0 Å². The number of rotatable bonds is 7. The molecule has 0 bridgehead atoms. The van der Waals surface area contributed by atoms with Crippen LogP contribution >= 0.6 is 0 Å². The predicted octanol–water partition coefficient (Wildman–Crippen LogP) is 13.4. The van der Waals surface area contributed by atoms with Gasteiger partial charge in [0.2, 0.25) is 0 Å². The summed E-state index contributed by atoms with van der Waals surface area (Å²) in [7, 11) is 0. The van der Waals surface area contributed by atoms with Gasteiger partial charge in [0, 0.05) is 33.2 Å². The molecule has 2 heteroatoms. The standard InChI is InChI=1S/C49H38N2/c1-49(34-12-3-13-35-49)45-18-8-11-21-48(45)50(40-28-22-37(23-29-40)36-14-4-2-5-15-36)41-30-24-38(25-31-41)39-26-32-42(33-27-39)51-46-19-9-6-16-43(46)44-17-7-10-20-47(44)51/h2-34H,35H2,1H3. The van der Waals surface area contributed by atoms with Gasteiger partial charge in [-0.2, -0.15) is 0 Å². The smallest absolute Gasteiger partial charge is 0.0541 e. The molecule has 0 aliphatic heterocycles.